The number of rotatable bonds is 6. The molecule has 0 radical (unpaired) electrons. The molecule has 164 valence electrons. The largest absolute Gasteiger partial charge is 0.277 e. The Hall–Kier alpha value is -3.97. The Morgan fingerprint density at radius 2 is 0.909 bits per heavy atom. The third-order valence-corrected chi connectivity index (χ3v) is 6.90. The Bertz CT molecular complexity index is 1280. The number of nitro benzene ring substituents is 2. The van der Waals surface area contributed by atoms with Gasteiger partial charge in [0.05, 0.1) is 21.0 Å². The van der Waals surface area contributed by atoms with E-state index in [0.717, 1.165) is 32.0 Å². The summed E-state index contributed by atoms with van der Waals surface area (Å²) in [6, 6.07) is 24.8. The van der Waals surface area contributed by atoms with Crippen LogP contribution in [0, 0.1) is 34.1 Å². The maximum Gasteiger partial charge on any atom is 0.277 e. The van der Waals surface area contributed by atoms with Gasteiger partial charge < -0.3 is 0 Å². The highest BCUT2D eigenvalue weighted by molar-refractivity contribution is 7.99. The number of hydrogen-bond acceptors (Lipinski definition) is 5. The molecule has 0 aromatic heterocycles. The fourth-order valence-electron chi connectivity index (χ4n) is 3.82. The molecular formula is C26H20N2O4S. The van der Waals surface area contributed by atoms with Crippen LogP contribution in [-0.4, -0.2) is 9.85 Å². The average Bonchev–Trinajstić information content (AvgIpc) is 2.81. The summed E-state index contributed by atoms with van der Waals surface area (Å²) in [6.07, 6.45) is 0. The van der Waals surface area contributed by atoms with Gasteiger partial charge in [0.25, 0.3) is 11.4 Å². The molecule has 0 atom stereocenters. The van der Waals surface area contributed by atoms with Crippen LogP contribution in [-0.2, 0) is 0 Å². The fraction of sp³-hybridized carbons (Fsp3) is 0.0769. The second-order valence-electron chi connectivity index (χ2n) is 7.55. The van der Waals surface area contributed by atoms with Crippen LogP contribution in [0.25, 0.3) is 22.3 Å². The standard InChI is InChI=1S/C26H20N2O4S/c1-17-9-7-13-21(19-11-3-5-15-23(19)27(29)30)25(17)33-26-18(2)10-8-14-22(26)20-12-4-6-16-24(20)28(31)32/h3-16H,1-2H3. The van der Waals surface area contributed by atoms with Crippen molar-refractivity contribution in [2.24, 2.45) is 0 Å². The molecule has 0 saturated carbocycles. The minimum atomic E-state index is -0.376. The zero-order valence-corrected chi connectivity index (χ0v) is 18.8. The lowest BCUT2D eigenvalue weighted by atomic mass is 10.0. The number of para-hydroxylation sites is 2. The molecule has 6 nitrogen and oxygen atoms in total. The van der Waals surface area contributed by atoms with E-state index in [9.17, 15) is 20.2 Å². The third-order valence-electron chi connectivity index (χ3n) is 5.41. The summed E-state index contributed by atoms with van der Waals surface area (Å²) in [4.78, 5) is 24.4. The van der Waals surface area contributed by atoms with E-state index in [-0.39, 0.29) is 21.2 Å². The Labute approximate surface area is 195 Å². The number of hydrogen-bond donors (Lipinski definition) is 0. The van der Waals surface area contributed by atoms with Gasteiger partial charge >= 0.3 is 0 Å². The van der Waals surface area contributed by atoms with Crippen molar-refractivity contribution in [2.75, 3.05) is 0 Å². The van der Waals surface area contributed by atoms with Gasteiger partial charge in [-0.3, -0.25) is 20.2 Å². The number of nitro groups is 2. The monoisotopic (exact) mass is 456 g/mol. The van der Waals surface area contributed by atoms with Crippen LogP contribution in [0.3, 0.4) is 0 Å². The van der Waals surface area contributed by atoms with E-state index in [2.05, 4.69) is 0 Å². The van der Waals surface area contributed by atoms with Crippen LogP contribution in [0.4, 0.5) is 11.4 Å². The fourth-order valence-corrected chi connectivity index (χ4v) is 5.06. The van der Waals surface area contributed by atoms with Crippen LogP contribution in [0.5, 0.6) is 0 Å². The molecule has 7 heteroatoms. The Morgan fingerprint density at radius 1 is 0.545 bits per heavy atom. The molecule has 0 fully saturated rings. The number of benzene rings is 4. The molecule has 0 heterocycles. The van der Waals surface area contributed by atoms with Gasteiger partial charge in [-0.15, -0.1) is 0 Å². The summed E-state index contributed by atoms with van der Waals surface area (Å²) in [5.74, 6) is 0. The Balaban J connectivity index is 1.92. The van der Waals surface area contributed by atoms with E-state index >= 15 is 0 Å². The zero-order valence-electron chi connectivity index (χ0n) is 18.0. The molecule has 0 unspecified atom stereocenters. The highest BCUT2D eigenvalue weighted by atomic mass is 32.2. The number of nitrogens with zero attached hydrogens (tertiary/aromatic N) is 2. The summed E-state index contributed by atoms with van der Waals surface area (Å²) in [5, 5.41) is 23.4. The van der Waals surface area contributed by atoms with Crippen molar-refractivity contribution in [3.05, 3.63) is 116 Å². The minimum Gasteiger partial charge on any atom is -0.258 e. The molecule has 33 heavy (non-hydrogen) atoms. The molecule has 0 aliphatic carbocycles. The van der Waals surface area contributed by atoms with Gasteiger partial charge in [-0.2, -0.15) is 0 Å². The predicted molar refractivity (Wildman–Crippen MR) is 131 cm³/mol. The Kier molecular flexibility index (Phi) is 6.24. The van der Waals surface area contributed by atoms with E-state index in [1.807, 2.05) is 50.2 Å². The maximum atomic E-state index is 11.7. The first kappa shape index (κ1) is 22.2. The molecule has 4 aromatic rings. The topological polar surface area (TPSA) is 86.3 Å². The zero-order chi connectivity index (χ0) is 23.5. The summed E-state index contributed by atoms with van der Waals surface area (Å²) in [5.41, 5.74) is 4.58. The SMILES string of the molecule is Cc1cccc(-c2ccccc2[N+](=O)[O-])c1Sc1c(C)cccc1-c1ccccc1[N+](=O)[O-]. The summed E-state index contributed by atoms with van der Waals surface area (Å²) >= 11 is 1.48. The molecule has 0 spiro atoms. The van der Waals surface area contributed by atoms with Crippen molar-refractivity contribution in [1.29, 1.82) is 0 Å². The molecule has 4 rings (SSSR count). The first-order valence-electron chi connectivity index (χ1n) is 10.2. The van der Waals surface area contributed by atoms with Gasteiger partial charge in [0.15, 0.2) is 0 Å². The van der Waals surface area contributed by atoms with Crippen LogP contribution in [0.15, 0.2) is 94.7 Å². The molecule has 0 N–H and O–H groups in total. The quantitative estimate of drug-likeness (QED) is 0.220. The molecule has 4 aromatic carbocycles. The van der Waals surface area contributed by atoms with Crippen molar-refractivity contribution in [1.82, 2.24) is 0 Å². The van der Waals surface area contributed by atoms with Gasteiger partial charge in [0, 0.05) is 33.1 Å². The lowest BCUT2D eigenvalue weighted by Crippen LogP contribution is -1.96. The minimum absolute atomic E-state index is 0.0358. The lowest BCUT2D eigenvalue weighted by Gasteiger charge is -2.17. The second-order valence-corrected chi connectivity index (χ2v) is 8.57. The van der Waals surface area contributed by atoms with Gasteiger partial charge in [-0.1, -0.05) is 72.4 Å². The van der Waals surface area contributed by atoms with Crippen LogP contribution < -0.4 is 0 Å². The first-order chi connectivity index (χ1) is 15.9. The second kappa shape index (κ2) is 9.26. The molecule has 0 aliphatic heterocycles. The first-order valence-corrected chi connectivity index (χ1v) is 11.0. The van der Waals surface area contributed by atoms with Gasteiger partial charge in [-0.25, -0.2) is 0 Å². The van der Waals surface area contributed by atoms with E-state index in [4.69, 9.17) is 0 Å². The van der Waals surface area contributed by atoms with E-state index in [1.165, 1.54) is 23.9 Å². The van der Waals surface area contributed by atoms with Crippen molar-refractivity contribution >= 4 is 23.1 Å². The molecule has 0 amide bonds. The molecule has 0 bridgehead atoms. The third kappa shape index (κ3) is 4.36. The summed E-state index contributed by atoms with van der Waals surface area (Å²) in [7, 11) is 0. The molecule has 0 saturated heterocycles. The van der Waals surface area contributed by atoms with Crippen molar-refractivity contribution in [3.63, 3.8) is 0 Å². The van der Waals surface area contributed by atoms with Crippen molar-refractivity contribution < 1.29 is 9.85 Å². The van der Waals surface area contributed by atoms with Crippen LogP contribution in [0.1, 0.15) is 11.1 Å². The molecular weight excluding hydrogens is 436 g/mol. The highest BCUT2D eigenvalue weighted by Gasteiger charge is 2.22. The van der Waals surface area contributed by atoms with Crippen LogP contribution >= 0.6 is 11.8 Å². The van der Waals surface area contributed by atoms with Crippen molar-refractivity contribution in [3.8, 4) is 22.3 Å². The van der Waals surface area contributed by atoms with E-state index in [1.54, 1.807) is 36.4 Å². The van der Waals surface area contributed by atoms with E-state index in [0.29, 0.717) is 11.1 Å². The maximum absolute atomic E-state index is 11.7. The number of aryl methyl sites for hydroxylation is 2. The van der Waals surface area contributed by atoms with Crippen molar-refractivity contribution in [2.45, 2.75) is 23.6 Å². The average molecular weight is 457 g/mol. The van der Waals surface area contributed by atoms with Gasteiger partial charge in [0.2, 0.25) is 0 Å². The van der Waals surface area contributed by atoms with Gasteiger partial charge in [-0.05, 0) is 37.1 Å². The van der Waals surface area contributed by atoms with Crippen LogP contribution in [0.2, 0.25) is 0 Å². The predicted octanol–water partition coefficient (Wildman–Crippen LogP) is 7.61. The van der Waals surface area contributed by atoms with Gasteiger partial charge in [0.1, 0.15) is 0 Å². The van der Waals surface area contributed by atoms with E-state index < -0.39 is 0 Å². The smallest absolute Gasteiger partial charge is 0.258 e. The lowest BCUT2D eigenvalue weighted by molar-refractivity contribution is -0.384. The summed E-state index contributed by atoms with van der Waals surface area (Å²) < 4.78 is 0. The normalized spacial score (nSPS) is 10.7. The summed E-state index contributed by atoms with van der Waals surface area (Å²) in [6.45, 7) is 3.92. The Morgan fingerprint density at radius 3 is 1.30 bits per heavy atom. The molecule has 0 aliphatic rings. The highest BCUT2D eigenvalue weighted by Crippen LogP contribution is 2.46.